The van der Waals surface area contributed by atoms with Gasteiger partial charge in [-0.05, 0) is 47.6 Å². The summed E-state index contributed by atoms with van der Waals surface area (Å²) < 4.78 is 2.13. The highest BCUT2D eigenvalue weighted by Crippen LogP contribution is 2.39. The Bertz CT molecular complexity index is 1350. The van der Waals surface area contributed by atoms with Crippen molar-refractivity contribution in [3.05, 3.63) is 64.7 Å². The molecule has 0 saturated carbocycles. The van der Waals surface area contributed by atoms with E-state index in [-0.39, 0.29) is 5.91 Å². The molecule has 0 bridgehead atoms. The van der Waals surface area contributed by atoms with E-state index in [4.69, 9.17) is 4.98 Å². The molecule has 0 spiro atoms. The summed E-state index contributed by atoms with van der Waals surface area (Å²) in [5, 5.41) is 6.56. The molecule has 0 radical (unpaired) electrons. The van der Waals surface area contributed by atoms with Crippen molar-refractivity contribution in [2.24, 2.45) is 0 Å². The Labute approximate surface area is 162 Å². The molecule has 0 aliphatic heterocycles. The molecule has 3 aromatic carbocycles. The fraction of sp³-hybridized carbons (Fsp3) is 0.0952. The van der Waals surface area contributed by atoms with Crippen LogP contribution in [0.1, 0.15) is 20.9 Å². The minimum Gasteiger partial charge on any atom is -0.296 e. The van der Waals surface area contributed by atoms with Gasteiger partial charge in [0.05, 0.1) is 20.4 Å². The van der Waals surface area contributed by atoms with Crippen LogP contribution < -0.4 is 5.32 Å². The smallest absolute Gasteiger partial charge is 0.286 e. The number of anilines is 1. The SMILES string of the molecule is O=C(Nc1nc2c(cc3c4c(cccc42)CC3)s1)c1nc2ccccc2s1. The first kappa shape index (κ1) is 15.2. The fourth-order valence-electron chi connectivity index (χ4n) is 3.88. The molecule has 4 nitrogen and oxygen atoms in total. The third kappa shape index (κ3) is 2.30. The predicted octanol–water partition coefficient (Wildman–Crippen LogP) is 5.41. The monoisotopic (exact) mass is 387 g/mol. The van der Waals surface area contributed by atoms with Crippen LogP contribution in [0.15, 0.2) is 48.5 Å². The number of para-hydroxylation sites is 1. The van der Waals surface area contributed by atoms with Gasteiger partial charge in [-0.3, -0.25) is 10.1 Å². The highest BCUT2D eigenvalue weighted by atomic mass is 32.1. The number of amides is 1. The van der Waals surface area contributed by atoms with Crippen LogP contribution in [0.2, 0.25) is 0 Å². The normalized spacial score (nSPS) is 13.0. The molecule has 130 valence electrons. The van der Waals surface area contributed by atoms with E-state index in [0.29, 0.717) is 10.1 Å². The lowest BCUT2D eigenvalue weighted by Crippen LogP contribution is -2.11. The van der Waals surface area contributed by atoms with Crippen LogP contribution >= 0.6 is 22.7 Å². The first-order chi connectivity index (χ1) is 13.3. The van der Waals surface area contributed by atoms with Crippen molar-refractivity contribution >= 4 is 64.9 Å². The molecular weight excluding hydrogens is 374 g/mol. The number of aromatic nitrogens is 2. The number of aryl methyl sites for hydroxylation is 2. The summed E-state index contributed by atoms with van der Waals surface area (Å²) in [6, 6.07) is 16.5. The van der Waals surface area contributed by atoms with Crippen LogP contribution in [0.3, 0.4) is 0 Å². The van der Waals surface area contributed by atoms with Gasteiger partial charge in [-0.1, -0.05) is 41.7 Å². The summed E-state index contributed by atoms with van der Waals surface area (Å²) in [7, 11) is 0. The van der Waals surface area contributed by atoms with Gasteiger partial charge in [0.1, 0.15) is 0 Å². The van der Waals surface area contributed by atoms with Crippen molar-refractivity contribution in [2.45, 2.75) is 12.8 Å². The van der Waals surface area contributed by atoms with Crippen molar-refractivity contribution < 1.29 is 4.79 Å². The van der Waals surface area contributed by atoms with E-state index < -0.39 is 0 Å². The number of benzene rings is 3. The Balaban J connectivity index is 1.42. The maximum atomic E-state index is 12.7. The zero-order valence-corrected chi connectivity index (χ0v) is 15.8. The number of nitrogens with zero attached hydrogens (tertiary/aromatic N) is 2. The largest absolute Gasteiger partial charge is 0.296 e. The van der Waals surface area contributed by atoms with Gasteiger partial charge in [-0.25, -0.2) is 9.97 Å². The van der Waals surface area contributed by atoms with E-state index in [1.54, 1.807) is 0 Å². The van der Waals surface area contributed by atoms with Crippen molar-refractivity contribution in [1.29, 1.82) is 0 Å². The van der Waals surface area contributed by atoms with Gasteiger partial charge in [0, 0.05) is 5.39 Å². The average Bonchev–Trinajstić information content (AvgIpc) is 3.39. The minimum absolute atomic E-state index is 0.201. The lowest BCUT2D eigenvalue weighted by Gasteiger charge is -2.02. The summed E-state index contributed by atoms with van der Waals surface area (Å²) >= 11 is 2.93. The fourth-order valence-corrected chi connectivity index (χ4v) is 5.68. The Morgan fingerprint density at radius 1 is 0.926 bits per heavy atom. The minimum atomic E-state index is -0.201. The van der Waals surface area contributed by atoms with Crippen LogP contribution in [0.5, 0.6) is 0 Å². The molecule has 0 fully saturated rings. The van der Waals surface area contributed by atoms with Gasteiger partial charge in [-0.2, -0.15) is 0 Å². The average molecular weight is 387 g/mol. The number of carbonyl (C=O) groups is 1. The van der Waals surface area contributed by atoms with E-state index in [2.05, 4.69) is 34.6 Å². The zero-order valence-electron chi connectivity index (χ0n) is 14.2. The molecule has 1 aliphatic carbocycles. The molecule has 6 rings (SSSR count). The Kier molecular flexibility index (Phi) is 3.15. The second kappa shape index (κ2) is 5.58. The van der Waals surface area contributed by atoms with E-state index in [1.165, 1.54) is 44.6 Å². The van der Waals surface area contributed by atoms with Crippen molar-refractivity contribution in [3.63, 3.8) is 0 Å². The van der Waals surface area contributed by atoms with Gasteiger partial charge in [-0.15, -0.1) is 11.3 Å². The number of hydrogen-bond donors (Lipinski definition) is 1. The third-order valence-corrected chi connectivity index (χ3v) is 7.01. The molecule has 2 aromatic heterocycles. The first-order valence-electron chi connectivity index (χ1n) is 8.77. The zero-order chi connectivity index (χ0) is 18.0. The highest BCUT2D eigenvalue weighted by molar-refractivity contribution is 7.23. The van der Waals surface area contributed by atoms with Crippen LogP contribution in [-0.4, -0.2) is 15.9 Å². The first-order valence-corrected chi connectivity index (χ1v) is 10.4. The third-order valence-electron chi connectivity index (χ3n) is 5.06. The quantitative estimate of drug-likeness (QED) is 0.441. The van der Waals surface area contributed by atoms with Gasteiger partial charge < -0.3 is 0 Å². The second-order valence-corrected chi connectivity index (χ2v) is 8.74. The van der Waals surface area contributed by atoms with Crippen molar-refractivity contribution in [3.8, 4) is 0 Å². The van der Waals surface area contributed by atoms with E-state index in [0.717, 1.165) is 33.3 Å². The number of fused-ring (bicyclic) bond motifs is 3. The highest BCUT2D eigenvalue weighted by Gasteiger charge is 2.20. The number of nitrogens with one attached hydrogen (secondary N) is 1. The standard InChI is InChI=1S/C21H13N3OS2/c25-19(20-22-14-6-1-2-7-15(14)26-20)24-21-23-18-13-5-3-4-11-8-9-12(17(11)13)10-16(18)27-21/h1-7,10H,8-9H2,(H,23,24,25). The molecule has 0 atom stereocenters. The van der Waals surface area contributed by atoms with E-state index in [1.807, 2.05) is 24.3 Å². The molecule has 0 unspecified atom stereocenters. The lowest BCUT2D eigenvalue weighted by molar-refractivity contribution is 0.102. The molecule has 1 aliphatic rings. The second-order valence-electron chi connectivity index (χ2n) is 6.68. The molecule has 1 N–H and O–H groups in total. The van der Waals surface area contributed by atoms with Crippen LogP contribution in [0, 0.1) is 0 Å². The molecule has 1 amide bonds. The molecular formula is C21H13N3OS2. The van der Waals surface area contributed by atoms with Gasteiger partial charge in [0.15, 0.2) is 10.1 Å². The molecule has 2 heterocycles. The van der Waals surface area contributed by atoms with Crippen LogP contribution in [0.25, 0.3) is 31.2 Å². The Morgan fingerprint density at radius 2 is 1.81 bits per heavy atom. The van der Waals surface area contributed by atoms with Gasteiger partial charge in [0.25, 0.3) is 5.91 Å². The topological polar surface area (TPSA) is 54.9 Å². The number of thiazole rings is 2. The Hall–Kier alpha value is -2.83. The van der Waals surface area contributed by atoms with Crippen LogP contribution in [0.4, 0.5) is 5.13 Å². The summed E-state index contributed by atoms with van der Waals surface area (Å²) in [4.78, 5) is 21.8. The van der Waals surface area contributed by atoms with Crippen molar-refractivity contribution in [2.75, 3.05) is 5.32 Å². The van der Waals surface area contributed by atoms with E-state index in [9.17, 15) is 4.79 Å². The van der Waals surface area contributed by atoms with Gasteiger partial charge >= 0.3 is 0 Å². The number of carbonyl (C=O) groups excluding carboxylic acids is 1. The number of hydrogen-bond acceptors (Lipinski definition) is 5. The maximum absolute atomic E-state index is 12.7. The van der Waals surface area contributed by atoms with Gasteiger partial charge in [0.2, 0.25) is 0 Å². The molecule has 0 saturated heterocycles. The number of rotatable bonds is 2. The predicted molar refractivity (Wildman–Crippen MR) is 112 cm³/mol. The molecule has 6 heteroatoms. The Morgan fingerprint density at radius 3 is 2.74 bits per heavy atom. The van der Waals surface area contributed by atoms with Crippen LogP contribution in [-0.2, 0) is 12.8 Å². The lowest BCUT2D eigenvalue weighted by atomic mass is 10.0. The summed E-state index contributed by atoms with van der Waals surface area (Å²) in [5.41, 5.74) is 4.61. The summed E-state index contributed by atoms with van der Waals surface area (Å²) in [6.45, 7) is 0. The summed E-state index contributed by atoms with van der Waals surface area (Å²) in [6.07, 6.45) is 2.18. The van der Waals surface area contributed by atoms with Crippen molar-refractivity contribution in [1.82, 2.24) is 9.97 Å². The summed E-state index contributed by atoms with van der Waals surface area (Å²) in [5.74, 6) is -0.201. The maximum Gasteiger partial charge on any atom is 0.286 e. The molecule has 27 heavy (non-hydrogen) atoms. The molecule has 5 aromatic rings. The van der Waals surface area contributed by atoms with E-state index >= 15 is 0 Å².